The number of methoxy groups -OCH3 is 1. The van der Waals surface area contributed by atoms with Gasteiger partial charge in [0.1, 0.15) is 5.82 Å². The molecule has 0 saturated heterocycles. The number of ether oxygens (including phenoxy) is 1. The van der Waals surface area contributed by atoms with Gasteiger partial charge in [-0.2, -0.15) is 0 Å². The Morgan fingerprint density at radius 1 is 1.61 bits per heavy atom. The Labute approximate surface area is 106 Å². The van der Waals surface area contributed by atoms with E-state index in [2.05, 4.69) is 5.32 Å². The fourth-order valence-electron chi connectivity index (χ4n) is 1.49. The van der Waals surface area contributed by atoms with Crippen LogP contribution >= 0.6 is 0 Å². The zero-order valence-electron chi connectivity index (χ0n) is 10.5. The Hall–Kier alpha value is -1.66. The SMILES string of the molecule is COCC(N)CN(C)C(=O)Nc1cccc(F)c1. The van der Waals surface area contributed by atoms with Crippen LogP contribution in [0.5, 0.6) is 0 Å². The first-order valence-corrected chi connectivity index (χ1v) is 5.55. The van der Waals surface area contributed by atoms with Gasteiger partial charge in [-0.1, -0.05) is 6.07 Å². The van der Waals surface area contributed by atoms with E-state index < -0.39 is 5.82 Å². The highest BCUT2D eigenvalue weighted by Gasteiger charge is 2.12. The lowest BCUT2D eigenvalue weighted by atomic mass is 10.3. The minimum Gasteiger partial charge on any atom is -0.383 e. The van der Waals surface area contributed by atoms with Crippen molar-refractivity contribution in [3.05, 3.63) is 30.1 Å². The maximum Gasteiger partial charge on any atom is 0.321 e. The Bertz CT molecular complexity index is 401. The predicted octanol–water partition coefficient (Wildman–Crippen LogP) is 1.26. The maximum absolute atomic E-state index is 12.9. The number of anilines is 1. The zero-order chi connectivity index (χ0) is 13.5. The number of hydrogen-bond donors (Lipinski definition) is 2. The van der Waals surface area contributed by atoms with E-state index in [1.165, 1.54) is 23.1 Å². The average Bonchev–Trinajstić information content (AvgIpc) is 2.29. The number of nitrogens with one attached hydrogen (secondary N) is 1. The molecule has 0 heterocycles. The summed E-state index contributed by atoms with van der Waals surface area (Å²) in [5.74, 6) is -0.397. The van der Waals surface area contributed by atoms with Crippen LogP contribution in [0.3, 0.4) is 0 Å². The third kappa shape index (κ3) is 4.68. The molecule has 0 aromatic heterocycles. The summed E-state index contributed by atoms with van der Waals surface area (Å²) in [7, 11) is 3.16. The molecule has 1 unspecified atom stereocenters. The van der Waals surface area contributed by atoms with E-state index in [1.807, 2.05) is 0 Å². The van der Waals surface area contributed by atoms with Crippen molar-refractivity contribution in [1.29, 1.82) is 0 Å². The van der Waals surface area contributed by atoms with Crippen molar-refractivity contribution in [2.75, 3.05) is 32.6 Å². The van der Waals surface area contributed by atoms with E-state index in [9.17, 15) is 9.18 Å². The molecule has 0 aliphatic heterocycles. The number of likely N-dealkylation sites (N-methyl/N-ethyl adjacent to an activating group) is 1. The Morgan fingerprint density at radius 3 is 2.94 bits per heavy atom. The standard InChI is InChI=1S/C12H18FN3O2/c1-16(7-10(14)8-18-2)12(17)15-11-5-3-4-9(13)6-11/h3-6,10H,7-8,14H2,1-2H3,(H,15,17). The van der Waals surface area contributed by atoms with Crippen LogP contribution in [0, 0.1) is 5.82 Å². The topological polar surface area (TPSA) is 67.6 Å². The van der Waals surface area contributed by atoms with Gasteiger partial charge in [-0.05, 0) is 18.2 Å². The highest BCUT2D eigenvalue weighted by atomic mass is 19.1. The molecular weight excluding hydrogens is 237 g/mol. The van der Waals surface area contributed by atoms with Gasteiger partial charge < -0.3 is 20.7 Å². The van der Waals surface area contributed by atoms with Crippen molar-refractivity contribution in [2.24, 2.45) is 5.73 Å². The molecule has 0 fully saturated rings. The van der Waals surface area contributed by atoms with Crippen molar-refractivity contribution in [2.45, 2.75) is 6.04 Å². The van der Waals surface area contributed by atoms with E-state index in [4.69, 9.17) is 10.5 Å². The quantitative estimate of drug-likeness (QED) is 0.832. The van der Waals surface area contributed by atoms with Gasteiger partial charge in [-0.25, -0.2) is 9.18 Å². The van der Waals surface area contributed by atoms with Crippen molar-refractivity contribution in [3.63, 3.8) is 0 Å². The van der Waals surface area contributed by atoms with Crippen molar-refractivity contribution in [3.8, 4) is 0 Å². The zero-order valence-corrected chi connectivity index (χ0v) is 10.5. The average molecular weight is 255 g/mol. The highest BCUT2D eigenvalue weighted by Crippen LogP contribution is 2.09. The summed E-state index contributed by atoms with van der Waals surface area (Å²) in [4.78, 5) is 13.2. The van der Waals surface area contributed by atoms with Gasteiger partial charge in [0, 0.05) is 32.4 Å². The molecule has 1 aromatic rings. The molecule has 2 amide bonds. The molecule has 1 atom stereocenters. The number of halogens is 1. The van der Waals surface area contributed by atoms with Crippen LogP contribution < -0.4 is 11.1 Å². The lowest BCUT2D eigenvalue weighted by Crippen LogP contribution is -2.42. The highest BCUT2D eigenvalue weighted by molar-refractivity contribution is 5.89. The van der Waals surface area contributed by atoms with Gasteiger partial charge in [-0.3, -0.25) is 0 Å². The lowest BCUT2D eigenvalue weighted by molar-refractivity contribution is 0.164. The van der Waals surface area contributed by atoms with Crippen molar-refractivity contribution < 1.29 is 13.9 Å². The van der Waals surface area contributed by atoms with E-state index in [-0.39, 0.29) is 12.1 Å². The van der Waals surface area contributed by atoms with Crippen LogP contribution in [-0.2, 0) is 4.74 Å². The van der Waals surface area contributed by atoms with Gasteiger partial charge in [0.05, 0.1) is 6.61 Å². The number of benzene rings is 1. The molecule has 3 N–H and O–H groups in total. The molecule has 6 heteroatoms. The smallest absolute Gasteiger partial charge is 0.321 e. The number of urea groups is 1. The molecule has 0 radical (unpaired) electrons. The predicted molar refractivity (Wildman–Crippen MR) is 67.9 cm³/mol. The fourth-order valence-corrected chi connectivity index (χ4v) is 1.49. The second-order valence-electron chi connectivity index (χ2n) is 4.04. The second kappa shape index (κ2) is 6.93. The summed E-state index contributed by atoms with van der Waals surface area (Å²) in [6.45, 7) is 0.729. The summed E-state index contributed by atoms with van der Waals surface area (Å²) in [5, 5.41) is 2.58. The van der Waals surface area contributed by atoms with E-state index >= 15 is 0 Å². The molecule has 100 valence electrons. The Balaban J connectivity index is 2.49. The normalized spacial score (nSPS) is 12.0. The first kappa shape index (κ1) is 14.4. The number of carbonyl (C=O) groups is 1. The Kier molecular flexibility index (Phi) is 5.54. The number of carbonyl (C=O) groups excluding carboxylic acids is 1. The molecule has 5 nitrogen and oxygen atoms in total. The van der Waals surface area contributed by atoms with Crippen LogP contribution in [0.4, 0.5) is 14.9 Å². The molecule has 0 bridgehead atoms. The monoisotopic (exact) mass is 255 g/mol. The van der Waals surface area contributed by atoms with E-state index in [0.29, 0.717) is 18.8 Å². The van der Waals surface area contributed by atoms with Gasteiger partial charge >= 0.3 is 6.03 Å². The summed E-state index contributed by atoms with van der Waals surface area (Å²) in [5.41, 5.74) is 6.14. The van der Waals surface area contributed by atoms with Crippen LogP contribution in [-0.4, -0.2) is 44.3 Å². The third-order valence-electron chi connectivity index (χ3n) is 2.31. The maximum atomic E-state index is 12.9. The molecule has 18 heavy (non-hydrogen) atoms. The van der Waals surface area contributed by atoms with Crippen molar-refractivity contribution in [1.82, 2.24) is 4.90 Å². The summed E-state index contributed by atoms with van der Waals surface area (Å²) in [6, 6.07) is 5.12. The second-order valence-corrected chi connectivity index (χ2v) is 4.04. The molecule has 1 rings (SSSR count). The number of amides is 2. The molecule has 0 aliphatic rings. The van der Waals surface area contributed by atoms with Gasteiger partial charge in [0.15, 0.2) is 0 Å². The summed E-state index contributed by atoms with van der Waals surface area (Å²) < 4.78 is 17.8. The van der Waals surface area contributed by atoms with Crippen LogP contribution in [0.25, 0.3) is 0 Å². The minimum atomic E-state index is -0.397. The Morgan fingerprint density at radius 2 is 2.33 bits per heavy atom. The third-order valence-corrected chi connectivity index (χ3v) is 2.31. The lowest BCUT2D eigenvalue weighted by Gasteiger charge is -2.21. The number of nitrogens with two attached hydrogens (primary N) is 1. The van der Waals surface area contributed by atoms with Crippen LogP contribution in [0.1, 0.15) is 0 Å². The van der Waals surface area contributed by atoms with Gasteiger partial charge in [-0.15, -0.1) is 0 Å². The fraction of sp³-hybridized carbons (Fsp3) is 0.417. The van der Waals surface area contributed by atoms with Crippen LogP contribution in [0.2, 0.25) is 0 Å². The number of nitrogens with zero attached hydrogens (tertiary/aromatic N) is 1. The summed E-state index contributed by atoms with van der Waals surface area (Å²) >= 11 is 0. The minimum absolute atomic E-state index is 0.252. The largest absolute Gasteiger partial charge is 0.383 e. The number of rotatable bonds is 5. The first-order valence-electron chi connectivity index (χ1n) is 5.55. The first-order chi connectivity index (χ1) is 8.52. The van der Waals surface area contributed by atoms with E-state index in [1.54, 1.807) is 20.2 Å². The molecule has 0 saturated carbocycles. The molecule has 1 aromatic carbocycles. The van der Waals surface area contributed by atoms with Gasteiger partial charge in [0.2, 0.25) is 0 Å². The number of hydrogen-bond acceptors (Lipinski definition) is 3. The summed E-state index contributed by atoms with van der Waals surface area (Å²) in [6.07, 6.45) is 0. The molecular formula is C12H18FN3O2. The van der Waals surface area contributed by atoms with Crippen LogP contribution in [0.15, 0.2) is 24.3 Å². The molecule has 0 spiro atoms. The van der Waals surface area contributed by atoms with Gasteiger partial charge in [0.25, 0.3) is 0 Å². The van der Waals surface area contributed by atoms with E-state index in [0.717, 1.165) is 0 Å². The van der Waals surface area contributed by atoms with Crippen molar-refractivity contribution >= 4 is 11.7 Å². The molecule has 0 aliphatic carbocycles.